The zero-order chi connectivity index (χ0) is 16.3. The summed E-state index contributed by atoms with van der Waals surface area (Å²) < 4.78 is 26.9. The van der Waals surface area contributed by atoms with E-state index in [2.05, 4.69) is 15.0 Å². The van der Waals surface area contributed by atoms with Gasteiger partial charge in [-0.25, -0.2) is 22.4 Å². The number of sulfonamides is 1. The summed E-state index contributed by atoms with van der Waals surface area (Å²) in [6.07, 6.45) is 2.98. The average Bonchev–Trinajstić information content (AvgIpc) is 2.97. The van der Waals surface area contributed by atoms with Gasteiger partial charge < -0.3 is 0 Å². The lowest BCUT2D eigenvalue weighted by Crippen LogP contribution is -2.35. The van der Waals surface area contributed by atoms with Gasteiger partial charge in [0.2, 0.25) is 10.0 Å². The lowest BCUT2D eigenvalue weighted by atomic mass is 10.2. The van der Waals surface area contributed by atoms with Gasteiger partial charge in [0.15, 0.2) is 0 Å². The van der Waals surface area contributed by atoms with Crippen LogP contribution in [0.1, 0.15) is 30.9 Å². The summed E-state index contributed by atoms with van der Waals surface area (Å²) in [4.78, 5) is 6.73. The number of aromatic nitrogens is 3. The molecular weight excluding hydrogens is 302 g/mol. The molecule has 1 atom stereocenters. The van der Waals surface area contributed by atoms with Crippen LogP contribution in [0.5, 0.6) is 0 Å². The summed E-state index contributed by atoms with van der Waals surface area (Å²) in [7, 11) is 0.0837. The fourth-order valence-electron chi connectivity index (χ4n) is 2.96. The van der Waals surface area contributed by atoms with Gasteiger partial charge in [-0.05, 0) is 46.2 Å². The maximum Gasteiger partial charge on any atom is 0.213 e. The van der Waals surface area contributed by atoms with Crippen LogP contribution in [0.3, 0.4) is 0 Å². The highest BCUT2D eigenvalue weighted by molar-refractivity contribution is 7.89. The largest absolute Gasteiger partial charge is 0.299 e. The number of aryl methyl sites for hydroxylation is 2. The quantitative estimate of drug-likeness (QED) is 0.734. The second-order valence-corrected chi connectivity index (χ2v) is 8.47. The van der Waals surface area contributed by atoms with Crippen molar-refractivity contribution in [1.29, 1.82) is 0 Å². The fourth-order valence-corrected chi connectivity index (χ4v) is 3.82. The summed E-state index contributed by atoms with van der Waals surface area (Å²) >= 11 is 0. The zero-order valence-electron chi connectivity index (χ0n) is 14.0. The topological polar surface area (TPSA) is 71.3 Å². The predicted molar refractivity (Wildman–Crippen MR) is 86.2 cm³/mol. The van der Waals surface area contributed by atoms with Crippen LogP contribution in [0, 0.1) is 13.8 Å². The minimum Gasteiger partial charge on any atom is -0.299 e. The van der Waals surface area contributed by atoms with Crippen LogP contribution < -0.4 is 0 Å². The summed E-state index contributed by atoms with van der Waals surface area (Å²) in [5.74, 6) is 1.96. The lowest BCUT2D eigenvalue weighted by Gasteiger charge is -2.24. The van der Waals surface area contributed by atoms with Crippen LogP contribution >= 0.6 is 0 Å². The highest BCUT2D eigenvalue weighted by Gasteiger charge is 2.26. The lowest BCUT2D eigenvalue weighted by molar-refractivity contribution is 0.226. The molecule has 0 spiro atoms. The molecule has 126 valence electrons. The minimum atomic E-state index is -3.09. The van der Waals surface area contributed by atoms with Gasteiger partial charge in [0.25, 0.3) is 0 Å². The summed E-state index contributed by atoms with van der Waals surface area (Å²) in [5.41, 5.74) is 0. The van der Waals surface area contributed by atoms with E-state index in [9.17, 15) is 8.42 Å². The Morgan fingerprint density at radius 3 is 2.64 bits per heavy atom. The number of hydrogen-bond donors (Lipinski definition) is 0. The molecule has 0 N–H and O–H groups in total. The fraction of sp³-hybridized carbons (Fsp3) is 0.857. The van der Waals surface area contributed by atoms with Gasteiger partial charge in [0.05, 0.1) is 12.3 Å². The zero-order valence-corrected chi connectivity index (χ0v) is 14.8. The Balaban J connectivity index is 1.87. The van der Waals surface area contributed by atoms with Crippen molar-refractivity contribution < 1.29 is 8.42 Å². The highest BCUT2D eigenvalue weighted by Crippen LogP contribution is 2.19. The molecule has 0 bridgehead atoms. The molecule has 0 unspecified atom stereocenters. The molecule has 7 nitrogen and oxygen atoms in total. The molecule has 1 aliphatic heterocycles. The molecule has 1 saturated heterocycles. The first-order chi connectivity index (χ1) is 10.3. The van der Waals surface area contributed by atoms with Gasteiger partial charge in [0, 0.05) is 20.1 Å². The van der Waals surface area contributed by atoms with Gasteiger partial charge in [-0.15, -0.1) is 0 Å². The Hall–Kier alpha value is -0.990. The number of nitrogens with zero attached hydrogens (tertiary/aromatic N) is 5. The minimum absolute atomic E-state index is 0.213. The van der Waals surface area contributed by atoms with Crippen LogP contribution in [0.25, 0.3) is 0 Å². The van der Waals surface area contributed by atoms with E-state index in [1.807, 2.05) is 18.5 Å². The third kappa shape index (κ3) is 4.27. The molecular formula is C14H27N5O2S. The van der Waals surface area contributed by atoms with Gasteiger partial charge in [-0.1, -0.05) is 0 Å². The van der Waals surface area contributed by atoms with Gasteiger partial charge in [0.1, 0.15) is 11.6 Å². The van der Waals surface area contributed by atoms with Crippen molar-refractivity contribution in [2.75, 3.05) is 32.9 Å². The maximum atomic E-state index is 11.8. The van der Waals surface area contributed by atoms with Crippen molar-refractivity contribution >= 4 is 10.0 Å². The van der Waals surface area contributed by atoms with Crippen molar-refractivity contribution in [3.8, 4) is 0 Å². The van der Waals surface area contributed by atoms with E-state index in [1.165, 1.54) is 4.31 Å². The molecule has 22 heavy (non-hydrogen) atoms. The summed E-state index contributed by atoms with van der Waals surface area (Å²) in [6.45, 7) is 6.59. The smallest absolute Gasteiger partial charge is 0.213 e. The van der Waals surface area contributed by atoms with Gasteiger partial charge in [-0.3, -0.25) is 4.90 Å². The van der Waals surface area contributed by atoms with Crippen molar-refractivity contribution in [3.63, 3.8) is 0 Å². The van der Waals surface area contributed by atoms with Crippen LogP contribution in [0.15, 0.2) is 0 Å². The first-order valence-corrected chi connectivity index (χ1v) is 9.43. The molecule has 0 aliphatic carbocycles. The molecule has 0 aromatic carbocycles. The Bertz CT molecular complexity index is 596. The summed E-state index contributed by atoms with van der Waals surface area (Å²) in [6, 6.07) is 0.432. The van der Waals surface area contributed by atoms with E-state index in [0.29, 0.717) is 12.5 Å². The molecule has 2 heterocycles. The molecule has 1 fully saturated rings. The molecule has 0 saturated carbocycles. The molecule has 0 amide bonds. The first-order valence-electron chi connectivity index (χ1n) is 7.82. The van der Waals surface area contributed by atoms with Crippen molar-refractivity contribution in [2.24, 2.45) is 0 Å². The second kappa shape index (κ2) is 7.06. The normalized spacial score (nSPS) is 20.1. The van der Waals surface area contributed by atoms with Gasteiger partial charge in [-0.2, -0.15) is 5.10 Å². The van der Waals surface area contributed by atoms with E-state index >= 15 is 0 Å². The van der Waals surface area contributed by atoms with E-state index < -0.39 is 10.0 Å². The Morgan fingerprint density at radius 2 is 2.05 bits per heavy atom. The van der Waals surface area contributed by atoms with Crippen LogP contribution in [-0.4, -0.2) is 71.4 Å². The SMILES string of the molecule is Cc1nc(C)n(C[C@@H]2CCCN2CCCS(=O)(=O)N(C)C)n1. The van der Waals surface area contributed by atoms with E-state index in [4.69, 9.17) is 0 Å². The molecule has 1 aliphatic rings. The van der Waals surface area contributed by atoms with Crippen LogP contribution in [0.2, 0.25) is 0 Å². The Labute approximate surface area is 133 Å². The standard InChI is InChI=1S/C14H27N5O2S/c1-12-15-13(2)19(16-12)11-14-7-5-8-18(14)9-6-10-22(20,21)17(3)4/h14H,5-11H2,1-4H3/t14-/m0/s1. The third-order valence-electron chi connectivity index (χ3n) is 4.25. The Morgan fingerprint density at radius 1 is 1.32 bits per heavy atom. The van der Waals surface area contributed by atoms with Crippen LogP contribution in [-0.2, 0) is 16.6 Å². The number of rotatable bonds is 7. The van der Waals surface area contributed by atoms with Crippen molar-refractivity contribution in [2.45, 2.75) is 45.7 Å². The average molecular weight is 329 g/mol. The summed E-state index contributed by atoms with van der Waals surface area (Å²) in [5, 5.41) is 4.43. The molecule has 2 rings (SSSR count). The third-order valence-corrected chi connectivity index (χ3v) is 6.17. The van der Waals surface area contributed by atoms with E-state index in [-0.39, 0.29) is 5.75 Å². The van der Waals surface area contributed by atoms with E-state index in [0.717, 1.165) is 44.1 Å². The number of hydrogen-bond acceptors (Lipinski definition) is 5. The van der Waals surface area contributed by atoms with E-state index in [1.54, 1.807) is 14.1 Å². The number of likely N-dealkylation sites (tertiary alicyclic amines) is 1. The Kier molecular flexibility index (Phi) is 5.57. The second-order valence-electron chi connectivity index (χ2n) is 6.17. The first kappa shape index (κ1) is 17.4. The van der Waals surface area contributed by atoms with Crippen molar-refractivity contribution in [3.05, 3.63) is 11.6 Å². The molecule has 0 radical (unpaired) electrons. The maximum absolute atomic E-state index is 11.8. The monoisotopic (exact) mass is 329 g/mol. The van der Waals surface area contributed by atoms with Crippen molar-refractivity contribution in [1.82, 2.24) is 24.0 Å². The highest BCUT2D eigenvalue weighted by atomic mass is 32.2. The molecule has 1 aromatic heterocycles. The van der Waals surface area contributed by atoms with Crippen LogP contribution in [0.4, 0.5) is 0 Å². The molecule has 1 aromatic rings. The van der Waals surface area contributed by atoms with Gasteiger partial charge >= 0.3 is 0 Å². The predicted octanol–water partition coefficient (Wildman–Crippen LogP) is 0.641. The molecule has 8 heteroatoms.